The Kier molecular flexibility index (Phi) is 33.2. The van der Waals surface area contributed by atoms with Gasteiger partial charge in [-0.25, -0.2) is 4.79 Å². The average Bonchev–Trinajstić information content (AvgIpc) is 3.19. The van der Waals surface area contributed by atoms with Gasteiger partial charge in [-0.05, 0) is 5.56 Å². The molecule has 0 saturated carbocycles. The molecule has 0 aliphatic carbocycles. The predicted molar refractivity (Wildman–Crippen MR) is 208 cm³/mol. The molecule has 3 amide bonds. The highest BCUT2D eigenvalue weighted by Crippen LogP contribution is 2.04. The number of nitrogens with two attached hydrogens (primary N) is 4. The van der Waals surface area contributed by atoms with Crippen molar-refractivity contribution in [3.05, 3.63) is 35.9 Å². The number of nitrogens with zero attached hydrogens (tertiary/aromatic N) is 3. The molecule has 0 spiro atoms. The van der Waals surface area contributed by atoms with Crippen LogP contribution in [0.3, 0.4) is 0 Å². The highest BCUT2D eigenvalue weighted by Gasteiger charge is 2.16. The van der Waals surface area contributed by atoms with E-state index in [0.717, 1.165) is 5.56 Å². The minimum atomic E-state index is -0.505. The van der Waals surface area contributed by atoms with Crippen LogP contribution in [0.1, 0.15) is 5.56 Å². The summed E-state index contributed by atoms with van der Waals surface area (Å²) >= 11 is 0. The minimum absolute atomic E-state index is 0.126. The highest BCUT2D eigenvalue weighted by molar-refractivity contribution is 5.78. The van der Waals surface area contributed by atoms with Crippen LogP contribution >= 0.6 is 0 Å². The van der Waals surface area contributed by atoms with Gasteiger partial charge >= 0.3 is 6.09 Å². The molecule has 0 aliphatic heterocycles. The molecule has 55 heavy (non-hydrogen) atoms. The van der Waals surface area contributed by atoms with Gasteiger partial charge in [0.2, 0.25) is 11.8 Å². The van der Waals surface area contributed by atoms with E-state index in [-0.39, 0.29) is 71.0 Å². The van der Waals surface area contributed by atoms with Crippen LogP contribution in [0.15, 0.2) is 30.3 Å². The summed E-state index contributed by atoms with van der Waals surface area (Å²) in [7, 11) is 0. The van der Waals surface area contributed by atoms with Gasteiger partial charge < -0.3 is 71.6 Å². The topological polar surface area (TPSA) is 254 Å². The van der Waals surface area contributed by atoms with Gasteiger partial charge in [-0.15, -0.1) is 0 Å². The van der Waals surface area contributed by atoms with Crippen LogP contribution in [-0.4, -0.2) is 204 Å². The molecule has 1 rings (SSSR count). The summed E-state index contributed by atoms with van der Waals surface area (Å²) in [5.41, 5.74) is 22.8. The Morgan fingerprint density at radius 2 is 0.855 bits per heavy atom. The highest BCUT2D eigenvalue weighted by atomic mass is 16.6. The van der Waals surface area contributed by atoms with E-state index in [4.69, 9.17) is 56.1 Å². The summed E-state index contributed by atoms with van der Waals surface area (Å²) in [4.78, 5) is 43.6. The zero-order chi connectivity index (χ0) is 40.0. The third-order valence-electron chi connectivity index (χ3n) is 7.60. The third kappa shape index (κ3) is 29.9. The molecule has 0 aliphatic rings. The maximum absolute atomic E-state index is 13.0. The summed E-state index contributed by atoms with van der Waals surface area (Å²) < 4.78 is 38.9. The summed E-state index contributed by atoms with van der Waals surface area (Å²) in [5.74, 6) is -0.308. The number of nitrogens with one attached hydrogen (secondary N) is 2. The van der Waals surface area contributed by atoms with Gasteiger partial charge in [-0.2, -0.15) is 0 Å². The van der Waals surface area contributed by atoms with E-state index < -0.39 is 6.09 Å². The molecule has 0 unspecified atom stereocenters. The lowest BCUT2D eigenvalue weighted by molar-refractivity contribution is -0.123. The normalized spacial score (nSPS) is 11.3. The second kappa shape index (κ2) is 36.6. The number of amides is 3. The Morgan fingerprint density at radius 1 is 0.491 bits per heavy atom. The van der Waals surface area contributed by atoms with Crippen molar-refractivity contribution in [2.75, 3.05) is 171 Å². The molecule has 0 aromatic heterocycles. The second-order valence-electron chi connectivity index (χ2n) is 12.1. The van der Waals surface area contributed by atoms with Crippen molar-refractivity contribution < 1.29 is 47.5 Å². The van der Waals surface area contributed by atoms with Gasteiger partial charge in [0.15, 0.2) is 0 Å². The lowest BCUT2D eigenvalue weighted by Crippen LogP contribution is -2.42. The first kappa shape index (κ1) is 50.0. The van der Waals surface area contributed by atoms with Crippen molar-refractivity contribution in [1.82, 2.24) is 25.3 Å². The van der Waals surface area contributed by atoms with Crippen LogP contribution in [0, 0.1) is 0 Å². The number of carbonyl (C=O) groups is 3. The van der Waals surface area contributed by atoms with Crippen molar-refractivity contribution >= 4 is 17.9 Å². The Morgan fingerprint density at radius 3 is 1.24 bits per heavy atom. The van der Waals surface area contributed by atoms with E-state index in [9.17, 15) is 14.4 Å². The number of hydrogen-bond donors (Lipinski definition) is 6. The predicted octanol–water partition coefficient (Wildman–Crippen LogP) is -2.60. The summed E-state index contributed by atoms with van der Waals surface area (Å²) in [6.45, 7) is 10.1. The standard InChI is InChI=1S/C36H69N9O10/c37-6-18-49-24-12-43(13-25-50-19-7-38)30-34(46)41-10-22-53-28-16-45(36(48)55-32-33-4-2-1-3-5-33)17-29-54-23-11-42-35(47)31-44(14-26-51-20-8-39)15-27-52-21-9-40/h1-5H,6-32,37-40H2,(H,41,46)(H,42,47). The first-order valence-electron chi connectivity index (χ1n) is 19.1. The van der Waals surface area contributed by atoms with Crippen molar-refractivity contribution in [3.8, 4) is 0 Å². The van der Waals surface area contributed by atoms with Crippen molar-refractivity contribution in [2.24, 2.45) is 22.9 Å². The number of hydrogen-bond acceptors (Lipinski definition) is 16. The lowest BCUT2D eigenvalue weighted by Gasteiger charge is -2.23. The first-order valence-corrected chi connectivity index (χ1v) is 19.1. The second-order valence-corrected chi connectivity index (χ2v) is 12.1. The van der Waals surface area contributed by atoms with E-state index in [0.29, 0.717) is 118 Å². The van der Waals surface area contributed by atoms with Crippen LogP contribution in [-0.2, 0) is 49.4 Å². The van der Waals surface area contributed by atoms with E-state index in [1.165, 1.54) is 4.90 Å². The molecule has 10 N–H and O–H groups in total. The fraction of sp³-hybridized carbons (Fsp3) is 0.750. The van der Waals surface area contributed by atoms with E-state index >= 15 is 0 Å². The van der Waals surface area contributed by atoms with Gasteiger partial charge in [-0.3, -0.25) is 19.4 Å². The molecule has 19 nitrogen and oxygen atoms in total. The monoisotopic (exact) mass is 788 g/mol. The van der Waals surface area contributed by atoms with Gasteiger partial charge in [-0.1, -0.05) is 30.3 Å². The van der Waals surface area contributed by atoms with E-state index in [1.54, 1.807) is 0 Å². The number of benzene rings is 1. The zero-order valence-electron chi connectivity index (χ0n) is 32.7. The molecule has 19 heteroatoms. The Bertz CT molecular complexity index is 990. The largest absolute Gasteiger partial charge is 0.445 e. The molecule has 0 saturated heterocycles. The summed E-state index contributed by atoms with van der Waals surface area (Å²) in [5, 5.41) is 5.72. The van der Waals surface area contributed by atoms with Crippen LogP contribution in [0.2, 0.25) is 0 Å². The number of rotatable bonds is 38. The van der Waals surface area contributed by atoms with E-state index in [2.05, 4.69) is 10.6 Å². The Balaban J connectivity index is 2.47. The smallest absolute Gasteiger partial charge is 0.410 e. The number of ether oxygens (including phenoxy) is 7. The van der Waals surface area contributed by atoms with E-state index in [1.807, 2.05) is 40.1 Å². The van der Waals surface area contributed by atoms with Gasteiger partial charge in [0.1, 0.15) is 6.61 Å². The summed E-state index contributed by atoms with van der Waals surface area (Å²) in [6.07, 6.45) is -0.505. The molecule has 0 atom stereocenters. The number of carbonyl (C=O) groups excluding carboxylic acids is 3. The van der Waals surface area contributed by atoms with Crippen LogP contribution in [0.5, 0.6) is 0 Å². The molecule has 1 aromatic carbocycles. The molecule has 318 valence electrons. The van der Waals surface area contributed by atoms with Crippen molar-refractivity contribution in [2.45, 2.75) is 6.61 Å². The average molecular weight is 788 g/mol. The fourth-order valence-electron chi connectivity index (χ4n) is 4.76. The minimum Gasteiger partial charge on any atom is -0.445 e. The maximum Gasteiger partial charge on any atom is 0.410 e. The zero-order valence-corrected chi connectivity index (χ0v) is 32.7. The Hall–Kier alpha value is -3.05. The lowest BCUT2D eigenvalue weighted by atomic mass is 10.2. The van der Waals surface area contributed by atoms with Crippen molar-refractivity contribution in [3.63, 3.8) is 0 Å². The first-order chi connectivity index (χ1) is 26.9. The maximum atomic E-state index is 13.0. The molecule has 0 radical (unpaired) electrons. The summed E-state index contributed by atoms with van der Waals surface area (Å²) in [6, 6.07) is 9.40. The van der Waals surface area contributed by atoms with Gasteiger partial charge in [0, 0.05) is 78.5 Å². The van der Waals surface area contributed by atoms with Crippen LogP contribution in [0.4, 0.5) is 4.79 Å². The quantitative estimate of drug-likeness (QED) is 0.0376. The van der Waals surface area contributed by atoms with Gasteiger partial charge in [0.05, 0.1) is 92.4 Å². The third-order valence-corrected chi connectivity index (χ3v) is 7.60. The molecule has 0 heterocycles. The van der Waals surface area contributed by atoms with Gasteiger partial charge in [0.25, 0.3) is 0 Å². The molecule has 0 bridgehead atoms. The molecular weight excluding hydrogens is 718 g/mol. The van der Waals surface area contributed by atoms with Crippen LogP contribution < -0.4 is 33.6 Å². The molecule has 1 aromatic rings. The molecular formula is C36H69N9O10. The SMILES string of the molecule is NCCOCCN(CCOCCN)CC(=O)NCCOCCN(CCOCCNC(=O)CN(CCOCCN)CCOCCN)C(=O)OCc1ccccc1. The Labute approximate surface area is 326 Å². The van der Waals surface area contributed by atoms with Crippen molar-refractivity contribution in [1.29, 1.82) is 0 Å². The van der Waals surface area contributed by atoms with Crippen LogP contribution in [0.25, 0.3) is 0 Å². The molecule has 0 fully saturated rings. The fourth-order valence-corrected chi connectivity index (χ4v) is 4.76.